The van der Waals surface area contributed by atoms with Gasteiger partial charge in [-0.3, -0.25) is 19.2 Å². The zero-order valence-electron chi connectivity index (χ0n) is 15.6. The average Bonchev–Trinajstić information content (AvgIpc) is 3.15. The van der Waals surface area contributed by atoms with E-state index in [1.807, 2.05) is 0 Å². The number of nitrogens with two attached hydrogens (primary N) is 1. The Kier molecular flexibility index (Phi) is 9.05. The second-order valence-corrected chi connectivity index (χ2v) is 6.47. The summed E-state index contributed by atoms with van der Waals surface area (Å²) >= 11 is 0. The summed E-state index contributed by atoms with van der Waals surface area (Å²) in [5.41, 5.74) is 6.02. The molecule has 0 saturated heterocycles. The molecule has 28 heavy (non-hydrogen) atoms. The summed E-state index contributed by atoms with van der Waals surface area (Å²) in [6.45, 7) is 2.17. The number of hydrogen-bond acceptors (Lipinski definition) is 7. The van der Waals surface area contributed by atoms with Gasteiger partial charge in [0.15, 0.2) is 0 Å². The fourth-order valence-electron chi connectivity index (χ4n) is 2.25. The lowest BCUT2D eigenvalue weighted by molar-refractivity contribution is -0.139. The van der Waals surface area contributed by atoms with Gasteiger partial charge in [0.1, 0.15) is 24.7 Å². The van der Waals surface area contributed by atoms with Crippen molar-refractivity contribution in [2.24, 2.45) is 11.7 Å². The van der Waals surface area contributed by atoms with Crippen LogP contribution in [0.4, 0.5) is 0 Å². The number of aliphatic hydroxyl groups is 1. The van der Waals surface area contributed by atoms with Crippen LogP contribution in [0.25, 0.3) is 0 Å². The molecule has 0 bridgehead atoms. The number of aliphatic hydroxyl groups excluding tert-OH is 1. The molecule has 0 aliphatic heterocycles. The van der Waals surface area contributed by atoms with Crippen LogP contribution in [0.3, 0.4) is 0 Å². The highest BCUT2D eigenvalue weighted by Crippen LogP contribution is 2.05. The number of amides is 3. The number of hydrogen-bond donors (Lipinski definition) is 7. The molecule has 0 aliphatic rings. The molecule has 1 rings (SSSR count). The Morgan fingerprint density at radius 3 is 2.36 bits per heavy atom. The summed E-state index contributed by atoms with van der Waals surface area (Å²) in [5, 5.41) is 24.8. The zero-order chi connectivity index (χ0) is 21.3. The van der Waals surface area contributed by atoms with Crippen molar-refractivity contribution in [3.8, 4) is 0 Å². The van der Waals surface area contributed by atoms with Gasteiger partial charge in [-0.15, -0.1) is 0 Å². The molecule has 3 unspecified atom stereocenters. The Bertz CT molecular complexity index is 677. The lowest BCUT2D eigenvalue weighted by atomic mass is 10.0. The predicted molar refractivity (Wildman–Crippen MR) is 96.7 cm³/mol. The Morgan fingerprint density at radius 1 is 1.18 bits per heavy atom. The van der Waals surface area contributed by atoms with E-state index in [2.05, 4.69) is 25.9 Å². The van der Waals surface area contributed by atoms with Gasteiger partial charge in [-0.2, -0.15) is 0 Å². The van der Waals surface area contributed by atoms with Crippen molar-refractivity contribution in [2.45, 2.75) is 38.4 Å². The number of aromatic amines is 1. The number of nitrogens with one attached hydrogen (secondary N) is 4. The smallest absolute Gasteiger partial charge is 0.322 e. The molecule has 3 amide bonds. The van der Waals surface area contributed by atoms with E-state index in [0.717, 1.165) is 0 Å². The predicted octanol–water partition coefficient (Wildman–Crippen LogP) is -2.90. The van der Waals surface area contributed by atoms with Gasteiger partial charge in [0.25, 0.3) is 0 Å². The topological polar surface area (TPSA) is 200 Å². The van der Waals surface area contributed by atoms with E-state index in [9.17, 15) is 19.2 Å². The van der Waals surface area contributed by atoms with Crippen molar-refractivity contribution in [3.05, 3.63) is 18.2 Å². The molecule has 0 spiro atoms. The first kappa shape index (κ1) is 23.0. The quantitative estimate of drug-likeness (QED) is 0.206. The first-order chi connectivity index (χ1) is 13.1. The molecular weight excluding hydrogens is 372 g/mol. The summed E-state index contributed by atoms with van der Waals surface area (Å²) in [6, 6.07) is -3.32. The van der Waals surface area contributed by atoms with Gasteiger partial charge in [0.2, 0.25) is 17.7 Å². The second kappa shape index (κ2) is 11.0. The third kappa shape index (κ3) is 7.32. The third-order valence-electron chi connectivity index (χ3n) is 3.81. The zero-order valence-corrected chi connectivity index (χ0v) is 15.6. The molecule has 0 saturated carbocycles. The summed E-state index contributed by atoms with van der Waals surface area (Å²) < 4.78 is 0. The minimum atomic E-state index is -1.22. The average molecular weight is 398 g/mol. The van der Waals surface area contributed by atoms with Gasteiger partial charge in [-0.1, -0.05) is 13.8 Å². The molecule has 3 atom stereocenters. The number of carboxylic acids is 1. The Morgan fingerprint density at radius 2 is 1.86 bits per heavy atom. The third-order valence-corrected chi connectivity index (χ3v) is 3.81. The maximum absolute atomic E-state index is 12.7. The van der Waals surface area contributed by atoms with Gasteiger partial charge in [0.05, 0.1) is 12.9 Å². The minimum absolute atomic E-state index is 0.0390. The van der Waals surface area contributed by atoms with Crippen molar-refractivity contribution in [3.63, 3.8) is 0 Å². The number of aromatic nitrogens is 2. The maximum Gasteiger partial charge on any atom is 0.322 e. The molecule has 1 heterocycles. The van der Waals surface area contributed by atoms with Crippen molar-refractivity contribution >= 4 is 23.7 Å². The Hall–Kier alpha value is -2.99. The van der Waals surface area contributed by atoms with Crippen LogP contribution in [0.5, 0.6) is 0 Å². The van der Waals surface area contributed by atoms with Gasteiger partial charge in [0, 0.05) is 18.3 Å². The largest absolute Gasteiger partial charge is 0.480 e. The molecular formula is C16H26N6O6. The van der Waals surface area contributed by atoms with E-state index in [1.165, 1.54) is 12.5 Å². The van der Waals surface area contributed by atoms with Crippen LogP contribution in [-0.2, 0) is 25.6 Å². The molecule has 0 radical (unpaired) electrons. The Balaban J connectivity index is 2.90. The molecule has 0 aromatic carbocycles. The van der Waals surface area contributed by atoms with E-state index < -0.39 is 55.0 Å². The number of H-pyrrole nitrogens is 1. The van der Waals surface area contributed by atoms with Crippen LogP contribution >= 0.6 is 0 Å². The van der Waals surface area contributed by atoms with E-state index in [0.29, 0.717) is 5.69 Å². The lowest BCUT2D eigenvalue weighted by Gasteiger charge is -2.25. The summed E-state index contributed by atoms with van der Waals surface area (Å²) in [6.07, 6.45) is 2.91. The number of imidazole rings is 1. The highest BCUT2D eigenvalue weighted by atomic mass is 16.4. The molecule has 8 N–H and O–H groups in total. The van der Waals surface area contributed by atoms with Crippen molar-refractivity contribution < 1.29 is 29.4 Å². The summed E-state index contributed by atoms with van der Waals surface area (Å²) in [7, 11) is 0. The van der Waals surface area contributed by atoms with E-state index in [-0.39, 0.29) is 12.3 Å². The van der Waals surface area contributed by atoms with E-state index in [1.54, 1.807) is 13.8 Å². The van der Waals surface area contributed by atoms with Crippen molar-refractivity contribution in [2.75, 3.05) is 13.2 Å². The molecule has 0 fully saturated rings. The van der Waals surface area contributed by atoms with Gasteiger partial charge < -0.3 is 36.9 Å². The van der Waals surface area contributed by atoms with Crippen LogP contribution in [-0.4, -0.2) is 75.1 Å². The molecule has 12 heteroatoms. The summed E-state index contributed by atoms with van der Waals surface area (Å²) in [5.74, 6) is -3.63. The Labute approximate surface area is 161 Å². The monoisotopic (exact) mass is 398 g/mol. The van der Waals surface area contributed by atoms with Crippen LogP contribution in [0.2, 0.25) is 0 Å². The molecule has 156 valence electrons. The second-order valence-electron chi connectivity index (χ2n) is 6.47. The molecule has 1 aromatic heterocycles. The van der Waals surface area contributed by atoms with E-state index in [4.69, 9.17) is 15.9 Å². The molecule has 12 nitrogen and oxygen atoms in total. The highest BCUT2D eigenvalue weighted by molar-refractivity contribution is 5.93. The van der Waals surface area contributed by atoms with Crippen molar-refractivity contribution in [1.29, 1.82) is 0 Å². The number of carbonyl (C=O) groups excluding carboxylic acids is 3. The summed E-state index contributed by atoms with van der Waals surface area (Å²) in [4.78, 5) is 54.2. The first-order valence-electron chi connectivity index (χ1n) is 8.59. The number of rotatable bonds is 11. The van der Waals surface area contributed by atoms with Crippen LogP contribution in [0.1, 0.15) is 19.5 Å². The van der Waals surface area contributed by atoms with Crippen molar-refractivity contribution in [1.82, 2.24) is 25.9 Å². The fraction of sp³-hybridized carbons (Fsp3) is 0.562. The number of nitrogens with zero attached hydrogens (tertiary/aromatic N) is 1. The normalized spacial score (nSPS) is 14.0. The molecule has 1 aromatic rings. The number of aliphatic carboxylic acids is 1. The SMILES string of the molecule is CC(C)C(NC(=O)C(Cc1cnc[nH]1)NC(=O)C(N)CO)C(=O)NCC(=O)O. The van der Waals surface area contributed by atoms with Crippen LogP contribution in [0.15, 0.2) is 12.5 Å². The standard InChI is InChI=1S/C16H26N6O6/c1-8(2)13(16(28)19-5-12(24)25)22-15(27)11(3-9-4-18-7-20-9)21-14(26)10(17)6-23/h4,7-8,10-11,13,23H,3,5-6,17H2,1-2H3,(H,18,20)(H,19,28)(H,21,26)(H,22,27)(H,24,25). The maximum atomic E-state index is 12.7. The van der Waals surface area contributed by atoms with Crippen LogP contribution in [0, 0.1) is 5.92 Å². The molecule has 0 aliphatic carbocycles. The van der Waals surface area contributed by atoms with Gasteiger partial charge in [-0.05, 0) is 5.92 Å². The first-order valence-corrected chi connectivity index (χ1v) is 8.59. The van der Waals surface area contributed by atoms with E-state index >= 15 is 0 Å². The number of carbonyl (C=O) groups is 4. The highest BCUT2D eigenvalue weighted by Gasteiger charge is 2.30. The van der Waals surface area contributed by atoms with Crippen LogP contribution < -0.4 is 21.7 Å². The lowest BCUT2D eigenvalue weighted by Crippen LogP contribution is -2.58. The number of carboxylic acid groups (broad SMARTS) is 1. The minimum Gasteiger partial charge on any atom is -0.480 e. The van der Waals surface area contributed by atoms with Gasteiger partial charge >= 0.3 is 5.97 Å². The fourth-order valence-corrected chi connectivity index (χ4v) is 2.25. The van der Waals surface area contributed by atoms with Gasteiger partial charge in [-0.25, -0.2) is 4.98 Å².